The lowest BCUT2D eigenvalue weighted by Gasteiger charge is -2.25. The lowest BCUT2D eigenvalue weighted by Crippen LogP contribution is -2.24. The second kappa shape index (κ2) is 9.24. The zero-order valence-corrected chi connectivity index (χ0v) is 13.3. The maximum Gasteiger partial charge on any atom is 0.133 e. The van der Waals surface area contributed by atoms with Crippen molar-refractivity contribution >= 4 is 11.6 Å². The predicted octanol–water partition coefficient (Wildman–Crippen LogP) is 3.94. The van der Waals surface area contributed by atoms with E-state index in [4.69, 9.17) is 4.74 Å². The van der Waals surface area contributed by atoms with E-state index < -0.39 is 0 Å². The summed E-state index contributed by atoms with van der Waals surface area (Å²) in [5, 5.41) is 0. The van der Waals surface area contributed by atoms with Gasteiger partial charge < -0.3 is 9.53 Å². The molecule has 0 saturated heterocycles. The normalized spacial score (nSPS) is 13.3. The van der Waals surface area contributed by atoms with E-state index in [1.54, 1.807) is 0 Å². The van der Waals surface area contributed by atoms with E-state index in [1.807, 2.05) is 6.92 Å². The number of carbonyl (C=O) groups is 2. The fraction of sp³-hybridized carbons (Fsp3) is 0.875. The highest BCUT2D eigenvalue weighted by atomic mass is 16.5. The fourth-order valence-corrected chi connectivity index (χ4v) is 2.25. The number of rotatable bonds is 11. The van der Waals surface area contributed by atoms with Crippen molar-refractivity contribution in [2.24, 2.45) is 5.92 Å². The van der Waals surface area contributed by atoms with Crippen LogP contribution in [0.1, 0.15) is 73.1 Å². The molecule has 1 unspecified atom stereocenters. The quantitative estimate of drug-likeness (QED) is 0.571. The van der Waals surface area contributed by atoms with Gasteiger partial charge in [0.25, 0.3) is 0 Å². The van der Waals surface area contributed by atoms with E-state index >= 15 is 0 Å². The zero-order valence-electron chi connectivity index (χ0n) is 13.3. The van der Waals surface area contributed by atoms with Gasteiger partial charge in [-0.1, -0.05) is 19.8 Å². The van der Waals surface area contributed by atoms with E-state index in [2.05, 4.69) is 20.8 Å². The number of hydrogen-bond donors (Lipinski definition) is 0. The van der Waals surface area contributed by atoms with Crippen molar-refractivity contribution in [3.63, 3.8) is 0 Å². The summed E-state index contributed by atoms with van der Waals surface area (Å²) >= 11 is 0. The molecular weight excluding hydrogens is 240 g/mol. The van der Waals surface area contributed by atoms with Gasteiger partial charge in [0, 0.05) is 25.9 Å². The third-order valence-electron chi connectivity index (χ3n) is 3.34. The molecule has 3 heteroatoms. The average molecular weight is 270 g/mol. The topological polar surface area (TPSA) is 43.4 Å². The van der Waals surface area contributed by atoms with E-state index in [1.165, 1.54) is 6.92 Å². The Balaban J connectivity index is 3.77. The summed E-state index contributed by atoms with van der Waals surface area (Å²) in [6.45, 7) is 10.6. The number of ketones is 2. The summed E-state index contributed by atoms with van der Waals surface area (Å²) in [4.78, 5) is 22.5. The first-order chi connectivity index (χ1) is 8.76. The summed E-state index contributed by atoms with van der Waals surface area (Å²) < 4.78 is 5.65. The second-order valence-corrected chi connectivity index (χ2v) is 6.13. The third-order valence-corrected chi connectivity index (χ3v) is 3.34. The Labute approximate surface area is 118 Å². The average Bonchev–Trinajstić information content (AvgIpc) is 2.25. The Morgan fingerprint density at radius 2 is 1.84 bits per heavy atom. The van der Waals surface area contributed by atoms with E-state index in [-0.39, 0.29) is 17.2 Å². The molecule has 19 heavy (non-hydrogen) atoms. The first-order valence-electron chi connectivity index (χ1n) is 7.42. The van der Waals surface area contributed by atoms with Gasteiger partial charge in [0.2, 0.25) is 0 Å². The highest BCUT2D eigenvalue weighted by Crippen LogP contribution is 2.21. The molecule has 1 atom stereocenters. The van der Waals surface area contributed by atoms with Crippen LogP contribution >= 0.6 is 0 Å². The molecule has 0 spiro atoms. The molecular formula is C16H30O3. The van der Waals surface area contributed by atoms with Crippen LogP contribution in [0.5, 0.6) is 0 Å². The van der Waals surface area contributed by atoms with Gasteiger partial charge in [-0.3, -0.25) is 4.79 Å². The largest absolute Gasteiger partial charge is 0.376 e. The standard InChI is InChI=1S/C16H30O3/c1-6-19-16(4,5)11-7-8-13(2)12-15(18)10-9-14(3)17/h13H,6-12H2,1-5H3. The maximum atomic E-state index is 11.6. The van der Waals surface area contributed by atoms with Gasteiger partial charge in [0.05, 0.1) is 5.60 Å². The van der Waals surface area contributed by atoms with Crippen LogP contribution in [0.25, 0.3) is 0 Å². The minimum atomic E-state index is -0.0624. The van der Waals surface area contributed by atoms with Gasteiger partial charge in [-0.25, -0.2) is 0 Å². The number of hydrogen-bond acceptors (Lipinski definition) is 3. The molecule has 0 saturated carbocycles. The molecule has 0 heterocycles. The summed E-state index contributed by atoms with van der Waals surface area (Å²) in [5.74, 6) is 0.711. The van der Waals surface area contributed by atoms with Gasteiger partial charge >= 0.3 is 0 Å². The smallest absolute Gasteiger partial charge is 0.133 e. The van der Waals surface area contributed by atoms with Gasteiger partial charge in [0.15, 0.2) is 0 Å². The Morgan fingerprint density at radius 3 is 2.37 bits per heavy atom. The van der Waals surface area contributed by atoms with Crippen LogP contribution in [0, 0.1) is 5.92 Å². The van der Waals surface area contributed by atoms with Gasteiger partial charge in [-0.2, -0.15) is 0 Å². The molecule has 0 aliphatic rings. The van der Waals surface area contributed by atoms with Crippen molar-refractivity contribution < 1.29 is 14.3 Å². The Morgan fingerprint density at radius 1 is 1.21 bits per heavy atom. The number of Topliss-reactive ketones (excluding diaryl/α,β-unsaturated/α-hetero) is 2. The maximum absolute atomic E-state index is 11.6. The van der Waals surface area contributed by atoms with Crippen molar-refractivity contribution in [2.45, 2.75) is 78.7 Å². The molecule has 112 valence electrons. The van der Waals surface area contributed by atoms with Gasteiger partial charge in [-0.05, 0) is 40.0 Å². The summed E-state index contributed by atoms with van der Waals surface area (Å²) in [5.41, 5.74) is -0.0624. The zero-order chi connectivity index (χ0) is 14.9. The van der Waals surface area contributed by atoms with Gasteiger partial charge in [0.1, 0.15) is 11.6 Å². The van der Waals surface area contributed by atoms with Crippen LogP contribution in [0.3, 0.4) is 0 Å². The Bertz CT molecular complexity index is 282. The molecule has 0 rings (SSSR count). The van der Waals surface area contributed by atoms with Crippen molar-refractivity contribution in [3.05, 3.63) is 0 Å². The molecule has 0 fully saturated rings. The van der Waals surface area contributed by atoms with E-state index in [0.717, 1.165) is 25.9 Å². The van der Waals surface area contributed by atoms with Crippen LogP contribution in [0.15, 0.2) is 0 Å². The molecule has 3 nitrogen and oxygen atoms in total. The van der Waals surface area contributed by atoms with Crippen LogP contribution in [-0.4, -0.2) is 23.8 Å². The van der Waals surface area contributed by atoms with Crippen molar-refractivity contribution in [3.8, 4) is 0 Å². The molecule has 0 N–H and O–H groups in total. The molecule has 0 aromatic heterocycles. The van der Waals surface area contributed by atoms with Crippen LogP contribution < -0.4 is 0 Å². The Kier molecular flexibility index (Phi) is 8.90. The first-order valence-corrected chi connectivity index (χ1v) is 7.42. The van der Waals surface area contributed by atoms with Crippen LogP contribution in [-0.2, 0) is 14.3 Å². The molecule has 0 aliphatic heterocycles. The molecule has 0 radical (unpaired) electrons. The summed E-state index contributed by atoms with van der Waals surface area (Å²) in [6.07, 6.45) is 4.54. The number of carbonyl (C=O) groups excluding carboxylic acids is 2. The van der Waals surface area contributed by atoms with Crippen LogP contribution in [0.4, 0.5) is 0 Å². The summed E-state index contributed by atoms with van der Waals surface area (Å²) in [6, 6.07) is 0. The third kappa shape index (κ3) is 10.9. The highest BCUT2D eigenvalue weighted by molar-refractivity contribution is 5.84. The summed E-state index contributed by atoms with van der Waals surface area (Å²) in [7, 11) is 0. The predicted molar refractivity (Wildman–Crippen MR) is 78.3 cm³/mol. The molecule has 0 bridgehead atoms. The SMILES string of the molecule is CCOC(C)(C)CCCC(C)CC(=O)CCC(C)=O. The van der Waals surface area contributed by atoms with Crippen molar-refractivity contribution in [1.29, 1.82) is 0 Å². The molecule has 0 aromatic rings. The lowest BCUT2D eigenvalue weighted by atomic mass is 9.93. The fourth-order valence-electron chi connectivity index (χ4n) is 2.25. The minimum Gasteiger partial charge on any atom is -0.376 e. The molecule has 0 aliphatic carbocycles. The van der Waals surface area contributed by atoms with Crippen molar-refractivity contribution in [1.82, 2.24) is 0 Å². The lowest BCUT2D eigenvalue weighted by molar-refractivity contribution is -0.123. The highest BCUT2D eigenvalue weighted by Gasteiger charge is 2.18. The van der Waals surface area contributed by atoms with Crippen molar-refractivity contribution in [2.75, 3.05) is 6.61 Å². The molecule has 0 amide bonds. The molecule has 0 aromatic carbocycles. The monoisotopic (exact) mass is 270 g/mol. The minimum absolute atomic E-state index is 0.0624. The van der Waals surface area contributed by atoms with E-state index in [9.17, 15) is 9.59 Å². The van der Waals surface area contributed by atoms with E-state index in [0.29, 0.717) is 25.2 Å². The first kappa shape index (κ1) is 18.3. The van der Waals surface area contributed by atoms with Crippen LogP contribution in [0.2, 0.25) is 0 Å². The van der Waals surface area contributed by atoms with Gasteiger partial charge in [-0.15, -0.1) is 0 Å². The second-order valence-electron chi connectivity index (χ2n) is 6.13. The Hall–Kier alpha value is -0.700. The number of ether oxygens (including phenoxy) is 1.